The van der Waals surface area contributed by atoms with E-state index < -0.39 is 17.2 Å². The largest absolute Gasteiger partial charge is 0.416 e. The first kappa shape index (κ1) is 13.0. The van der Waals surface area contributed by atoms with E-state index in [1.165, 1.54) is 12.1 Å². The average molecular weight is 259 g/mol. The third-order valence-electron chi connectivity index (χ3n) is 3.10. The molecule has 1 aromatic rings. The van der Waals surface area contributed by atoms with Crippen molar-refractivity contribution in [3.8, 4) is 0 Å². The zero-order chi connectivity index (χ0) is 13.4. The van der Waals surface area contributed by atoms with Gasteiger partial charge in [0.2, 0.25) is 0 Å². The van der Waals surface area contributed by atoms with Gasteiger partial charge in [-0.25, -0.2) is 0 Å². The highest BCUT2D eigenvalue weighted by Crippen LogP contribution is 2.33. The Bertz CT molecular complexity index is 444. The van der Waals surface area contributed by atoms with Gasteiger partial charge < -0.3 is 10.5 Å². The third kappa shape index (κ3) is 2.13. The highest BCUT2D eigenvalue weighted by molar-refractivity contribution is 6.01. The Hall–Kier alpha value is -1.40. The van der Waals surface area contributed by atoms with Gasteiger partial charge in [0.15, 0.2) is 5.78 Å². The summed E-state index contributed by atoms with van der Waals surface area (Å²) in [5, 5.41) is 0. The van der Waals surface area contributed by atoms with Gasteiger partial charge in [-0.1, -0.05) is 12.1 Å². The molecule has 1 fully saturated rings. The standard InChI is InChI=1S/C12H12F3NO2/c13-12(14,15)9-3-1-8(2-4-9)10(17)11(5-16)6-18-7-11/h1-4H,5-7,16H2. The zero-order valence-electron chi connectivity index (χ0n) is 9.46. The Kier molecular flexibility index (Phi) is 3.16. The molecule has 0 spiro atoms. The van der Waals surface area contributed by atoms with Crippen LogP contribution in [0.4, 0.5) is 13.2 Å². The van der Waals surface area contributed by atoms with E-state index in [2.05, 4.69) is 0 Å². The minimum atomic E-state index is -4.40. The third-order valence-corrected chi connectivity index (χ3v) is 3.10. The van der Waals surface area contributed by atoms with Crippen molar-refractivity contribution in [1.29, 1.82) is 0 Å². The van der Waals surface area contributed by atoms with Crippen LogP contribution < -0.4 is 5.73 Å². The van der Waals surface area contributed by atoms with Crippen molar-refractivity contribution < 1.29 is 22.7 Å². The lowest BCUT2D eigenvalue weighted by molar-refractivity contribution is -0.137. The maximum atomic E-state index is 12.4. The molecule has 0 bridgehead atoms. The normalized spacial score (nSPS) is 18.2. The fraction of sp³-hybridized carbons (Fsp3) is 0.417. The van der Waals surface area contributed by atoms with Crippen LogP contribution in [0, 0.1) is 5.41 Å². The molecule has 0 unspecified atom stereocenters. The first-order valence-electron chi connectivity index (χ1n) is 5.39. The second kappa shape index (κ2) is 4.37. The lowest BCUT2D eigenvalue weighted by Crippen LogP contribution is -2.54. The van der Waals surface area contributed by atoms with Gasteiger partial charge in [-0.05, 0) is 12.1 Å². The molecule has 0 radical (unpaired) electrons. The summed E-state index contributed by atoms with van der Waals surface area (Å²) >= 11 is 0. The van der Waals surface area contributed by atoms with E-state index in [1.807, 2.05) is 0 Å². The monoisotopic (exact) mass is 259 g/mol. The van der Waals surface area contributed by atoms with Gasteiger partial charge >= 0.3 is 6.18 Å². The van der Waals surface area contributed by atoms with Crippen LogP contribution in [0.5, 0.6) is 0 Å². The summed E-state index contributed by atoms with van der Waals surface area (Å²) in [5.41, 5.74) is 4.22. The molecular weight excluding hydrogens is 247 g/mol. The van der Waals surface area contributed by atoms with Gasteiger partial charge in [0.05, 0.1) is 24.2 Å². The molecular formula is C12H12F3NO2. The average Bonchev–Trinajstić information content (AvgIpc) is 2.27. The lowest BCUT2D eigenvalue weighted by Gasteiger charge is -2.38. The highest BCUT2D eigenvalue weighted by atomic mass is 19.4. The molecule has 1 aliphatic rings. The van der Waals surface area contributed by atoms with Gasteiger partial charge in [0, 0.05) is 12.1 Å². The number of nitrogens with two attached hydrogens (primary N) is 1. The number of halogens is 3. The second-order valence-electron chi connectivity index (χ2n) is 4.38. The van der Waals surface area contributed by atoms with Crippen molar-refractivity contribution >= 4 is 5.78 Å². The van der Waals surface area contributed by atoms with Crippen LogP contribution in [-0.4, -0.2) is 25.5 Å². The van der Waals surface area contributed by atoms with E-state index in [1.54, 1.807) is 0 Å². The Morgan fingerprint density at radius 3 is 2.17 bits per heavy atom. The predicted molar refractivity (Wildman–Crippen MR) is 58.1 cm³/mol. The number of alkyl halides is 3. The van der Waals surface area contributed by atoms with E-state index in [-0.39, 0.29) is 31.1 Å². The number of carbonyl (C=O) groups excluding carboxylic acids is 1. The van der Waals surface area contributed by atoms with Crippen LogP contribution in [0.3, 0.4) is 0 Å². The van der Waals surface area contributed by atoms with E-state index >= 15 is 0 Å². The topological polar surface area (TPSA) is 52.3 Å². The number of hydrogen-bond acceptors (Lipinski definition) is 3. The van der Waals surface area contributed by atoms with Gasteiger partial charge in [-0.2, -0.15) is 13.2 Å². The summed E-state index contributed by atoms with van der Waals surface area (Å²) in [4.78, 5) is 12.1. The molecule has 6 heteroatoms. The molecule has 0 aromatic heterocycles. The van der Waals surface area contributed by atoms with E-state index in [0.29, 0.717) is 0 Å². The molecule has 18 heavy (non-hydrogen) atoms. The molecule has 0 atom stereocenters. The molecule has 98 valence electrons. The molecule has 1 aromatic carbocycles. The number of benzene rings is 1. The second-order valence-corrected chi connectivity index (χ2v) is 4.38. The molecule has 3 nitrogen and oxygen atoms in total. The van der Waals surface area contributed by atoms with Crippen LogP contribution in [0.15, 0.2) is 24.3 Å². The summed E-state index contributed by atoms with van der Waals surface area (Å²) in [7, 11) is 0. The molecule has 2 rings (SSSR count). The van der Waals surface area contributed by atoms with Crippen LogP contribution in [0.1, 0.15) is 15.9 Å². The van der Waals surface area contributed by atoms with Crippen molar-refractivity contribution in [2.24, 2.45) is 11.1 Å². The molecule has 1 heterocycles. The Morgan fingerprint density at radius 1 is 1.28 bits per heavy atom. The van der Waals surface area contributed by atoms with E-state index in [0.717, 1.165) is 12.1 Å². The fourth-order valence-electron chi connectivity index (χ4n) is 1.81. The van der Waals surface area contributed by atoms with Crippen molar-refractivity contribution in [3.05, 3.63) is 35.4 Å². The van der Waals surface area contributed by atoms with Gasteiger partial charge in [0.1, 0.15) is 0 Å². The summed E-state index contributed by atoms with van der Waals surface area (Å²) in [6.45, 7) is 0.583. The van der Waals surface area contributed by atoms with Crippen LogP contribution in [0.2, 0.25) is 0 Å². The first-order valence-corrected chi connectivity index (χ1v) is 5.39. The van der Waals surface area contributed by atoms with E-state index in [4.69, 9.17) is 10.5 Å². The molecule has 0 aliphatic carbocycles. The zero-order valence-corrected chi connectivity index (χ0v) is 9.46. The van der Waals surface area contributed by atoms with Gasteiger partial charge in [0.25, 0.3) is 0 Å². The lowest BCUT2D eigenvalue weighted by atomic mass is 9.78. The molecule has 0 amide bonds. The predicted octanol–water partition coefficient (Wildman–Crippen LogP) is 1.86. The molecule has 1 saturated heterocycles. The molecule has 2 N–H and O–H groups in total. The first-order chi connectivity index (χ1) is 8.39. The molecule has 1 aliphatic heterocycles. The minimum absolute atomic E-state index is 0.132. The smallest absolute Gasteiger partial charge is 0.379 e. The quantitative estimate of drug-likeness (QED) is 0.843. The van der Waals surface area contributed by atoms with Crippen molar-refractivity contribution in [2.45, 2.75) is 6.18 Å². The number of hydrogen-bond donors (Lipinski definition) is 1. The SMILES string of the molecule is NCC1(C(=O)c2ccc(C(F)(F)F)cc2)COC1. The summed E-state index contributed by atoms with van der Waals surface area (Å²) < 4.78 is 42.1. The maximum Gasteiger partial charge on any atom is 0.416 e. The Balaban J connectivity index is 2.22. The van der Waals surface area contributed by atoms with Gasteiger partial charge in [-0.15, -0.1) is 0 Å². The molecule has 0 saturated carbocycles. The number of carbonyl (C=O) groups is 1. The maximum absolute atomic E-state index is 12.4. The Morgan fingerprint density at radius 2 is 1.83 bits per heavy atom. The van der Waals surface area contributed by atoms with Gasteiger partial charge in [-0.3, -0.25) is 4.79 Å². The Labute approximate surface area is 102 Å². The van der Waals surface area contributed by atoms with Crippen LogP contribution in [0.25, 0.3) is 0 Å². The number of ether oxygens (including phenoxy) is 1. The summed E-state index contributed by atoms with van der Waals surface area (Å²) in [6.07, 6.45) is -4.40. The van der Waals surface area contributed by atoms with Crippen LogP contribution in [-0.2, 0) is 10.9 Å². The van der Waals surface area contributed by atoms with Crippen molar-refractivity contribution in [2.75, 3.05) is 19.8 Å². The van der Waals surface area contributed by atoms with Crippen molar-refractivity contribution in [1.82, 2.24) is 0 Å². The number of rotatable bonds is 3. The summed E-state index contributed by atoms with van der Waals surface area (Å²) in [5.74, 6) is -0.259. The fourth-order valence-corrected chi connectivity index (χ4v) is 1.81. The minimum Gasteiger partial charge on any atom is -0.379 e. The van der Waals surface area contributed by atoms with E-state index in [9.17, 15) is 18.0 Å². The van der Waals surface area contributed by atoms with Crippen LogP contribution >= 0.6 is 0 Å². The number of ketones is 1. The summed E-state index contributed by atoms with van der Waals surface area (Å²) in [6, 6.07) is 4.16. The highest BCUT2D eigenvalue weighted by Gasteiger charge is 2.45. The van der Waals surface area contributed by atoms with Crippen molar-refractivity contribution in [3.63, 3.8) is 0 Å². The number of Topliss-reactive ketones (excluding diaryl/α,β-unsaturated/α-hetero) is 1.